The quantitative estimate of drug-likeness (QED) is 0.368. The Morgan fingerprint density at radius 1 is 0.697 bits per heavy atom. The van der Waals surface area contributed by atoms with Gasteiger partial charge >= 0.3 is 0 Å². The number of halogens is 5. The second kappa shape index (κ2) is 7.78. The average molecular weight is 480 g/mol. The molecule has 0 saturated heterocycles. The molecule has 3 aromatic carbocycles. The Morgan fingerprint density at radius 2 is 1.09 bits per heavy atom. The fraction of sp³-hybridized carbons (Fsp3) is 0.167. The number of hydrogen-bond acceptors (Lipinski definition) is 2. The van der Waals surface area contributed by atoms with E-state index in [2.05, 4.69) is 0 Å². The van der Waals surface area contributed by atoms with Gasteiger partial charge in [0.05, 0.1) is 0 Å². The summed E-state index contributed by atoms with van der Waals surface area (Å²) in [5.74, 6) is -4.94. The summed E-state index contributed by atoms with van der Waals surface area (Å²) in [5.41, 5.74) is -10.7. The molecule has 0 aliphatic heterocycles. The minimum Gasteiger partial charge on any atom is -0.284 e. The zero-order valence-corrected chi connectivity index (χ0v) is 17.6. The first-order valence-electron chi connectivity index (χ1n) is 9.75. The first-order valence-corrected chi connectivity index (χ1v) is 11.2. The molecule has 3 nitrogen and oxygen atoms in total. The van der Waals surface area contributed by atoms with Gasteiger partial charge in [-0.1, -0.05) is 91.0 Å². The first-order chi connectivity index (χ1) is 15.5. The fourth-order valence-electron chi connectivity index (χ4n) is 4.58. The van der Waals surface area contributed by atoms with Crippen molar-refractivity contribution in [1.29, 1.82) is 0 Å². The minimum atomic E-state index is -6.04. The number of rotatable bonds is 4. The Balaban J connectivity index is 2.31. The molecule has 0 amide bonds. The van der Waals surface area contributed by atoms with Crippen molar-refractivity contribution < 1.29 is 34.9 Å². The van der Waals surface area contributed by atoms with Crippen LogP contribution in [-0.4, -0.2) is 19.1 Å². The Kier molecular flexibility index (Phi) is 5.45. The maximum absolute atomic E-state index is 17.6. The van der Waals surface area contributed by atoms with Gasteiger partial charge in [0.2, 0.25) is 16.1 Å². The summed E-state index contributed by atoms with van der Waals surface area (Å²) >= 11 is 0. The third-order valence-corrected chi connectivity index (χ3v) is 7.48. The van der Waals surface area contributed by atoms with Crippen LogP contribution in [0, 0.1) is 0 Å². The molecule has 3 aromatic rings. The Bertz CT molecular complexity index is 1300. The SMILES string of the molecule is O=S(=O)(O)C1(c2ccccc2)C(F)=C(F)C(F)C(F)(c2ccccc2)C1(F)c1ccccc1. The summed E-state index contributed by atoms with van der Waals surface area (Å²) in [6, 6.07) is 16.8. The predicted molar refractivity (Wildman–Crippen MR) is 112 cm³/mol. The van der Waals surface area contributed by atoms with Crippen molar-refractivity contribution in [2.24, 2.45) is 0 Å². The molecule has 0 heterocycles. The van der Waals surface area contributed by atoms with E-state index in [1.54, 1.807) is 0 Å². The van der Waals surface area contributed by atoms with E-state index in [1.165, 1.54) is 54.6 Å². The molecule has 0 fully saturated rings. The van der Waals surface area contributed by atoms with Crippen molar-refractivity contribution >= 4 is 10.1 Å². The van der Waals surface area contributed by atoms with E-state index in [-0.39, 0.29) is 0 Å². The predicted octanol–water partition coefficient (Wildman–Crippen LogP) is 6.00. The summed E-state index contributed by atoms with van der Waals surface area (Å²) in [4.78, 5) is 0. The minimum absolute atomic E-state index is 0.782. The largest absolute Gasteiger partial charge is 0.285 e. The maximum atomic E-state index is 17.6. The topological polar surface area (TPSA) is 54.4 Å². The molecule has 0 spiro atoms. The van der Waals surface area contributed by atoms with Crippen LogP contribution in [-0.2, 0) is 26.2 Å². The number of hydrogen-bond donors (Lipinski definition) is 1. The standard InChI is InChI=1S/C24H17F5O3S/c25-19-20(26)22(28,16-10-4-1-5-11-16)24(29,18-14-8-3-9-15-18)23(21(19)27,33(30,31)32)17-12-6-2-7-13-17/h1-15,20H,(H,30,31,32). The van der Waals surface area contributed by atoms with E-state index in [9.17, 15) is 13.0 Å². The third-order valence-electron chi connectivity index (χ3n) is 6.01. The van der Waals surface area contributed by atoms with Crippen molar-refractivity contribution in [3.8, 4) is 0 Å². The van der Waals surface area contributed by atoms with E-state index in [0.717, 1.165) is 36.4 Å². The zero-order chi connectivity index (χ0) is 24.1. The van der Waals surface area contributed by atoms with Crippen molar-refractivity contribution in [3.05, 3.63) is 119 Å². The molecule has 172 valence electrons. The number of alkyl halides is 3. The molecule has 1 aliphatic rings. The lowest BCUT2D eigenvalue weighted by Crippen LogP contribution is -2.67. The highest BCUT2D eigenvalue weighted by Gasteiger charge is 2.81. The van der Waals surface area contributed by atoms with Crippen LogP contribution in [0.1, 0.15) is 16.7 Å². The van der Waals surface area contributed by atoms with E-state index >= 15 is 22.0 Å². The molecule has 0 aromatic heterocycles. The Hall–Kier alpha value is -3.04. The normalized spacial score (nSPS) is 30.3. The monoisotopic (exact) mass is 480 g/mol. The van der Waals surface area contributed by atoms with Crippen molar-refractivity contribution in [2.75, 3.05) is 0 Å². The second-order valence-corrected chi connectivity index (χ2v) is 9.21. The van der Waals surface area contributed by atoms with Gasteiger partial charge in [0.15, 0.2) is 17.8 Å². The molecule has 4 rings (SSSR count). The molecule has 9 heteroatoms. The van der Waals surface area contributed by atoms with Crippen molar-refractivity contribution in [3.63, 3.8) is 0 Å². The molecule has 4 unspecified atom stereocenters. The molecule has 1 aliphatic carbocycles. The van der Waals surface area contributed by atoms with Gasteiger partial charge in [-0.05, 0) is 16.7 Å². The van der Waals surface area contributed by atoms with Crippen LogP contribution >= 0.6 is 0 Å². The third kappa shape index (κ3) is 2.85. The molecule has 4 atom stereocenters. The summed E-state index contributed by atoms with van der Waals surface area (Å²) in [6.07, 6.45) is -3.57. The highest BCUT2D eigenvalue weighted by Crippen LogP contribution is 2.68. The van der Waals surface area contributed by atoms with Crippen LogP contribution in [0.25, 0.3) is 0 Å². The lowest BCUT2D eigenvalue weighted by atomic mass is 9.61. The summed E-state index contributed by atoms with van der Waals surface area (Å²) in [5, 5.41) is 0. The smallest absolute Gasteiger partial charge is 0.284 e. The molecule has 0 bridgehead atoms. The summed E-state index contributed by atoms with van der Waals surface area (Å²) in [6.45, 7) is 0. The van der Waals surface area contributed by atoms with E-state index in [0.29, 0.717) is 0 Å². The molecular weight excluding hydrogens is 463 g/mol. The summed E-state index contributed by atoms with van der Waals surface area (Å²) < 4.78 is 113. The molecule has 0 radical (unpaired) electrons. The highest BCUT2D eigenvalue weighted by molar-refractivity contribution is 7.87. The molecule has 33 heavy (non-hydrogen) atoms. The van der Waals surface area contributed by atoms with Crippen LogP contribution in [0.5, 0.6) is 0 Å². The van der Waals surface area contributed by atoms with Crippen molar-refractivity contribution in [1.82, 2.24) is 0 Å². The first kappa shape index (κ1) is 23.1. The molecule has 1 N–H and O–H groups in total. The van der Waals surface area contributed by atoms with Gasteiger partial charge in [-0.3, -0.25) is 4.55 Å². The van der Waals surface area contributed by atoms with Gasteiger partial charge in [-0.2, -0.15) is 8.42 Å². The molecule has 0 saturated carbocycles. The van der Waals surface area contributed by atoms with Gasteiger partial charge in [0, 0.05) is 0 Å². The van der Waals surface area contributed by atoms with Gasteiger partial charge in [-0.25, -0.2) is 22.0 Å². The maximum Gasteiger partial charge on any atom is 0.285 e. The zero-order valence-electron chi connectivity index (χ0n) is 16.8. The Morgan fingerprint density at radius 3 is 1.52 bits per heavy atom. The van der Waals surface area contributed by atoms with E-state index in [1.807, 2.05) is 0 Å². The average Bonchev–Trinajstić information content (AvgIpc) is 2.82. The van der Waals surface area contributed by atoms with E-state index in [4.69, 9.17) is 0 Å². The second-order valence-electron chi connectivity index (χ2n) is 7.65. The van der Waals surface area contributed by atoms with Crippen molar-refractivity contribution in [2.45, 2.75) is 22.3 Å². The summed E-state index contributed by atoms with van der Waals surface area (Å²) in [7, 11) is -6.04. The van der Waals surface area contributed by atoms with E-state index < -0.39 is 60.7 Å². The van der Waals surface area contributed by atoms with Crippen LogP contribution in [0.3, 0.4) is 0 Å². The van der Waals surface area contributed by atoms with Gasteiger partial charge in [-0.15, -0.1) is 0 Å². The number of allylic oxidation sites excluding steroid dienone is 1. The van der Waals surface area contributed by atoms with Gasteiger partial charge in [0.1, 0.15) is 0 Å². The Labute approximate surface area is 186 Å². The van der Waals surface area contributed by atoms with Crippen LogP contribution < -0.4 is 0 Å². The van der Waals surface area contributed by atoms with Gasteiger partial charge < -0.3 is 0 Å². The number of benzene rings is 3. The lowest BCUT2D eigenvalue weighted by Gasteiger charge is -2.53. The lowest BCUT2D eigenvalue weighted by molar-refractivity contribution is -0.135. The van der Waals surface area contributed by atoms with Crippen LogP contribution in [0.15, 0.2) is 103 Å². The molecular formula is C24H17F5O3S. The van der Waals surface area contributed by atoms with Crippen LogP contribution in [0.2, 0.25) is 0 Å². The van der Waals surface area contributed by atoms with Crippen LogP contribution in [0.4, 0.5) is 22.0 Å². The van der Waals surface area contributed by atoms with Gasteiger partial charge in [0.25, 0.3) is 10.1 Å². The highest BCUT2D eigenvalue weighted by atomic mass is 32.2. The fourth-order valence-corrected chi connectivity index (χ4v) is 5.96.